The van der Waals surface area contributed by atoms with Gasteiger partial charge in [0.25, 0.3) is 0 Å². The smallest absolute Gasteiger partial charge is 0.205 e. The first kappa shape index (κ1) is 19.9. The van der Waals surface area contributed by atoms with Gasteiger partial charge in [-0.1, -0.05) is 60.3 Å². The van der Waals surface area contributed by atoms with E-state index >= 15 is 0 Å². The minimum absolute atomic E-state index is 0.0967. The third-order valence-corrected chi connectivity index (χ3v) is 5.19. The monoisotopic (exact) mass is 422 g/mol. The summed E-state index contributed by atoms with van der Waals surface area (Å²) in [6, 6.07) is 16.1. The van der Waals surface area contributed by atoms with Crippen LogP contribution in [0.1, 0.15) is 11.7 Å². The molecule has 4 rings (SSSR count). The minimum atomic E-state index is -0.417. The van der Waals surface area contributed by atoms with Crippen LogP contribution >= 0.6 is 11.8 Å². The van der Waals surface area contributed by atoms with Crippen LogP contribution in [-0.4, -0.2) is 19.7 Å². The normalized spacial score (nSPS) is 10.8. The largest absolute Gasteiger partial charge is 0.483 e. The quantitative estimate of drug-likeness (QED) is 0.275. The maximum atomic E-state index is 13.8. The molecule has 0 radical (unpaired) electrons. The Labute approximate surface area is 177 Å². The van der Waals surface area contributed by atoms with Gasteiger partial charge in [-0.15, -0.1) is 16.8 Å². The van der Waals surface area contributed by atoms with E-state index in [1.807, 2.05) is 34.9 Å². The molecular weight excluding hydrogens is 403 g/mol. The number of nitrogens with zero attached hydrogens (tertiary/aromatic N) is 4. The fourth-order valence-corrected chi connectivity index (χ4v) is 3.61. The van der Waals surface area contributed by atoms with Crippen molar-refractivity contribution in [3.05, 3.63) is 91.0 Å². The van der Waals surface area contributed by atoms with Crippen molar-refractivity contribution in [2.45, 2.75) is 24.1 Å². The van der Waals surface area contributed by atoms with Gasteiger partial charge in [0.1, 0.15) is 6.61 Å². The number of aromatic nitrogens is 4. The summed E-state index contributed by atoms with van der Waals surface area (Å²) >= 11 is 1.45. The first-order valence-electron chi connectivity index (χ1n) is 9.28. The van der Waals surface area contributed by atoms with E-state index in [1.54, 1.807) is 30.5 Å². The van der Waals surface area contributed by atoms with Crippen molar-refractivity contribution in [2.24, 2.45) is 0 Å². The Morgan fingerprint density at radius 2 is 1.90 bits per heavy atom. The van der Waals surface area contributed by atoms with Gasteiger partial charge in [0.15, 0.2) is 28.3 Å². The molecule has 0 unspecified atom stereocenters. The first-order chi connectivity index (χ1) is 14.7. The third-order valence-electron chi connectivity index (χ3n) is 4.24. The fraction of sp³-hybridized carbons (Fsp3) is 0.136. The second kappa shape index (κ2) is 9.41. The zero-order valence-electron chi connectivity index (χ0n) is 16.1. The SMILES string of the molecule is C=CCn1c(COc2ccccc2F)nnc1SCc1ncc(-c2ccccc2)o1. The van der Waals surface area contributed by atoms with Crippen molar-refractivity contribution >= 4 is 11.8 Å². The van der Waals surface area contributed by atoms with Crippen molar-refractivity contribution < 1.29 is 13.5 Å². The number of thioether (sulfide) groups is 1. The highest BCUT2D eigenvalue weighted by atomic mass is 32.2. The van der Waals surface area contributed by atoms with Crippen LogP contribution in [0.5, 0.6) is 5.75 Å². The summed E-state index contributed by atoms with van der Waals surface area (Å²) in [5.41, 5.74) is 0.976. The lowest BCUT2D eigenvalue weighted by molar-refractivity contribution is 0.275. The molecule has 0 fully saturated rings. The van der Waals surface area contributed by atoms with E-state index in [0.29, 0.717) is 29.2 Å². The summed E-state index contributed by atoms with van der Waals surface area (Å²) in [4.78, 5) is 4.34. The van der Waals surface area contributed by atoms with Crippen LogP contribution in [0.3, 0.4) is 0 Å². The van der Waals surface area contributed by atoms with Crippen molar-refractivity contribution in [3.8, 4) is 17.1 Å². The van der Waals surface area contributed by atoms with E-state index in [1.165, 1.54) is 17.8 Å². The minimum Gasteiger partial charge on any atom is -0.483 e. The summed E-state index contributed by atoms with van der Waals surface area (Å²) < 4.78 is 27.1. The molecule has 0 spiro atoms. The van der Waals surface area contributed by atoms with Gasteiger partial charge < -0.3 is 9.15 Å². The molecule has 0 atom stereocenters. The van der Waals surface area contributed by atoms with E-state index < -0.39 is 5.82 Å². The van der Waals surface area contributed by atoms with E-state index in [0.717, 1.165) is 11.3 Å². The van der Waals surface area contributed by atoms with Gasteiger partial charge in [-0.3, -0.25) is 4.57 Å². The Kier molecular flexibility index (Phi) is 6.24. The van der Waals surface area contributed by atoms with Gasteiger partial charge >= 0.3 is 0 Å². The standard InChI is InChI=1S/C22H19FN4O2S/c1-2-12-27-20(14-28-18-11-7-6-10-17(18)23)25-26-22(27)30-15-21-24-13-19(29-21)16-8-4-3-5-9-16/h2-11,13H,1,12,14-15H2. The maximum absolute atomic E-state index is 13.8. The Hall–Kier alpha value is -3.39. The molecule has 4 aromatic rings. The average molecular weight is 422 g/mol. The molecule has 0 saturated heterocycles. The highest BCUT2D eigenvalue weighted by Gasteiger charge is 2.15. The highest BCUT2D eigenvalue weighted by Crippen LogP contribution is 2.26. The molecule has 0 aliphatic heterocycles. The topological polar surface area (TPSA) is 66.0 Å². The van der Waals surface area contributed by atoms with Gasteiger partial charge in [-0.25, -0.2) is 9.37 Å². The van der Waals surface area contributed by atoms with Crippen LogP contribution in [0.4, 0.5) is 4.39 Å². The number of para-hydroxylation sites is 1. The summed E-state index contributed by atoms with van der Waals surface area (Å²) in [6.45, 7) is 4.39. The van der Waals surface area contributed by atoms with Crippen LogP contribution in [0.2, 0.25) is 0 Å². The lowest BCUT2D eigenvalue weighted by atomic mass is 10.2. The summed E-state index contributed by atoms with van der Waals surface area (Å²) in [7, 11) is 0. The molecule has 0 saturated carbocycles. The number of ether oxygens (including phenoxy) is 1. The summed E-state index contributed by atoms with van der Waals surface area (Å²) in [5, 5.41) is 9.11. The highest BCUT2D eigenvalue weighted by molar-refractivity contribution is 7.98. The molecule has 2 aromatic heterocycles. The Morgan fingerprint density at radius 1 is 1.10 bits per heavy atom. The third kappa shape index (κ3) is 4.60. The molecule has 0 N–H and O–H groups in total. The van der Waals surface area contributed by atoms with E-state index in [9.17, 15) is 4.39 Å². The number of halogens is 1. The molecule has 30 heavy (non-hydrogen) atoms. The van der Waals surface area contributed by atoms with Crippen LogP contribution in [-0.2, 0) is 18.9 Å². The molecule has 0 bridgehead atoms. The Balaban J connectivity index is 1.44. The summed E-state index contributed by atoms with van der Waals surface area (Å²) in [5.74, 6) is 2.15. The van der Waals surface area contributed by atoms with Crippen LogP contribution < -0.4 is 4.74 Å². The average Bonchev–Trinajstić information content (AvgIpc) is 3.40. The molecule has 0 amide bonds. The number of oxazole rings is 1. The lowest BCUT2D eigenvalue weighted by Crippen LogP contribution is -2.08. The van der Waals surface area contributed by atoms with Gasteiger partial charge in [-0.05, 0) is 12.1 Å². The predicted octanol–water partition coefficient (Wildman–Crippen LogP) is 5.13. The van der Waals surface area contributed by atoms with Crippen molar-refractivity contribution in [2.75, 3.05) is 0 Å². The van der Waals surface area contributed by atoms with Gasteiger partial charge in [0.2, 0.25) is 5.89 Å². The molecule has 2 heterocycles. The van der Waals surface area contributed by atoms with Crippen molar-refractivity contribution in [1.82, 2.24) is 19.7 Å². The van der Waals surface area contributed by atoms with Crippen LogP contribution in [0.15, 0.2) is 83.0 Å². The molecule has 2 aromatic carbocycles. The number of hydrogen-bond donors (Lipinski definition) is 0. The van der Waals surface area contributed by atoms with E-state index in [2.05, 4.69) is 21.8 Å². The molecular formula is C22H19FN4O2S. The van der Waals surface area contributed by atoms with Gasteiger partial charge in [0, 0.05) is 12.1 Å². The Bertz CT molecular complexity index is 1130. The van der Waals surface area contributed by atoms with Gasteiger partial charge in [-0.2, -0.15) is 0 Å². The predicted molar refractivity (Wildman–Crippen MR) is 112 cm³/mol. The van der Waals surface area contributed by atoms with E-state index in [-0.39, 0.29) is 12.4 Å². The zero-order valence-corrected chi connectivity index (χ0v) is 16.9. The van der Waals surface area contributed by atoms with Crippen LogP contribution in [0, 0.1) is 5.82 Å². The van der Waals surface area contributed by atoms with Crippen LogP contribution in [0.25, 0.3) is 11.3 Å². The summed E-state index contributed by atoms with van der Waals surface area (Å²) in [6.07, 6.45) is 3.46. The lowest BCUT2D eigenvalue weighted by Gasteiger charge is -2.09. The van der Waals surface area contributed by atoms with Crippen molar-refractivity contribution in [1.29, 1.82) is 0 Å². The number of allylic oxidation sites excluding steroid dienone is 1. The van der Waals surface area contributed by atoms with E-state index in [4.69, 9.17) is 9.15 Å². The fourth-order valence-electron chi connectivity index (χ4n) is 2.79. The molecule has 6 nitrogen and oxygen atoms in total. The zero-order chi connectivity index (χ0) is 20.8. The number of hydrogen-bond acceptors (Lipinski definition) is 6. The van der Waals surface area contributed by atoms with Gasteiger partial charge in [0.05, 0.1) is 11.9 Å². The maximum Gasteiger partial charge on any atom is 0.205 e. The Morgan fingerprint density at radius 3 is 2.70 bits per heavy atom. The number of benzene rings is 2. The first-order valence-corrected chi connectivity index (χ1v) is 10.3. The molecule has 0 aliphatic rings. The number of rotatable bonds is 9. The molecule has 8 heteroatoms. The second-order valence-electron chi connectivity index (χ2n) is 6.29. The second-order valence-corrected chi connectivity index (χ2v) is 7.23. The molecule has 0 aliphatic carbocycles. The molecule has 152 valence electrons. The van der Waals surface area contributed by atoms with Crippen molar-refractivity contribution in [3.63, 3.8) is 0 Å².